The lowest BCUT2D eigenvalue weighted by molar-refractivity contribution is -0.217. The summed E-state index contributed by atoms with van der Waals surface area (Å²) in [6, 6.07) is 15.7. The molecule has 2 saturated heterocycles. The average molecular weight is 547 g/mol. The normalized spacial score (nSPS) is 19.6. The van der Waals surface area contributed by atoms with Gasteiger partial charge in [-0.2, -0.15) is 13.2 Å². The van der Waals surface area contributed by atoms with Crippen LogP contribution in [0.25, 0.3) is 0 Å². The van der Waals surface area contributed by atoms with E-state index in [0.717, 1.165) is 22.4 Å². The van der Waals surface area contributed by atoms with Gasteiger partial charge in [0.25, 0.3) is 0 Å². The number of hydrogen-bond acceptors (Lipinski definition) is 5. The van der Waals surface area contributed by atoms with Crippen LogP contribution in [-0.2, 0) is 27.3 Å². The van der Waals surface area contributed by atoms with Crippen LogP contribution in [0.5, 0.6) is 5.75 Å². The third-order valence-electron chi connectivity index (χ3n) is 8.04. The zero-order valence-corrected chi connectivity index (χ0v) is 22.6. The molecule has 2 aliphatic heterocycles. The van der Waals surface area contributed by atoms with Crippen molar-refractivity contribution in [2.75, 3.05) is 32.8 Å². The molecule has 1 amide bonds. The van der Waals surface area contributed by atoms with Crippen molar-refractivity contribution in [3.63, 3.8) is 0 Å². The van der Waals surface area contributed by atoms with Crippen molar-refractivity contribution in [2.24, 2.45) is 5.41 Å². The molecule has 1 unspecified atom stereocenters. The first-order chi connectivity index (χ1) is 18.6. The van der Waals surface area contributed by atoms with E-state index in [0.29, 0.717) is 64.9 Å². The molecule has 0 radical (unpaired) electrons. The first-order valence-corrected chi connectivity index (χ1v) is 13.6. The van der Waals surface area contributed by atoms with Crippen LogP contribution in [0, 0.1) is 12.3 Å². The number of rotatable bonds is 8. The van der Waals surface area contributed by atoms with E-state index in [1.54, 1.807) is 4.90 Å². The van der Waals surface area contributed by atoms with Gasteiger partial charge in [-0.3, -0.25) is 9.69 Å². The molecule has 6 nitrogen and oxygen atoms in total. The van der Waals surface area contributed by atoms with Gasteiger partial charge in [0.2, 0.25) is 5.91 Å². The molecular weight excluding hydrogens is 509 g/mol. The highest BCUT2D eigenvalue weighted by molar-refractivity contribution is 5.77. The van der Waals surface area contributed by atoms with Gasteiger partial charge in [-0.1, -0.05) is 48.0 Å². The van der Waals surface area contributed by atoms with Crippen LogP contribution in [0.15, 0.2) is 48.5 Å². The Morgan fingerprint density at radius 3 is 2.33 bits per heavy atom. The van der Waals surface area contributed by atoms with Crippen molar-refractivity contribution in [1.82, 2.24) is 9.80 Å². The smallest absolute Gasteiger partial charge is 0.490 e. The molecule has 4 rings (SSSR count). The minimum Gasteiger partial charge on any atom is -0.494 e. The van der Waals surface area contributed by atoms with Crippen LogP contribution >= 0.6 is 0 Å². The first kappa shape index (κ1) is 28.9. The van der Waals surface area contributed by atoms with Gasteiger partial charge in [0.15, 0.2) is 0 Å². The number of hydrogen-bond donors (Lipinski definition) is 0. The predicted molar refractivity (Wildman–Crippen MR) is 141 cm³/mol. The van der Waals surface area contributed by atoms with Crippen molar-refractivity contribution in [1.29, 1.82) is 0 Å². The van der Waals surface area contributed by atoms with Crippen molar-refractivity contribution in [3.8, 4) is 5.75 Å². The lowest BCUT2D eigenvalue weighted by atomic mass is 9.69. The third-order valence-corrected chi connectivity index (χ3v) is 8.04. The number of para-hydroxylation sites is 1. The van der Waals surface area contributed by atoms with Crippen LogP contribution in [0.4, 0.5) is 13.2 Å². The zero-order chi connectivity index (χ0) is 28.0. The van der Waals surface area contributed by atoms with Gasteiger partial charge in [0, 0.05) is 43.6 Å². The van der Waals surface area contributed by atoms with Crippen LogP contribution < -0.4 is 4.74 Å². The third kappa shape index (κ3) is 7.32. The topological polar surface area (TPSA) is 59.1 Å². The van der Waals surface area contributed by atoms with Gasteiger partial charge in [0.05, 0.1) is 6.61 Å². The molecule has 2 heterocycles. The number of amides is 1. The van der Waals surface area contributed by atoms with E-state index in [2.05, 4.69) is 0 Å². The molecule has 2 aromatic rings. The number of esters is 1. The first-order valence-electron chi connectivity index (χ1n) is 13.6. The molecule has 2 fully saturated rings. The van der Waals surface area contributed by atoms with E-state index in [1.165, 1.54) is 0 Å². The maximum Gasteiger partial charge on any atom is 0.490 e. The van der Waals surface area contributed by atoms with Gasteiger partial charge in [-0.25, -0.2) is 4.79 Å². The summed E-state index contributed by atoms with van der Waals surface area (Å²) in [6.45, 7) is 6.64. The lowest BCUT2D eigenvalue weighted by Crippen LogP contribution is -2.57. The second-order valence-corrected chi connectivity index (χ2v) is 10.6. The summed E-state index contributed by atoms with van der Waals surface area (Å²) in [6.07, 6.45) is -3.35. The molecule has 9 heteroatoms. The van der Waals surface area contributed by atoms with Crippen LogP contribution in [-0.4, -0.2) is 66.7 Å². The second kappa shape index (κ2) is 12.4. The Morgan fingerprint density at radius 2 is 1.67 bits per heavy atom. The average Bonchev–Trinajstić information content (AvgIpc) is 2.91. The zero-order valence-electron chi connectivity index (χ0n) is 22.6. The maximum atomic E-state index is 13.2. The summed E-state index contributed by atoms with van der Waals surface area (Å²) in [4.78, 5) is 28.7. The quantitative estimate of drug-likeness (QED) is 0.420. The van der Waals surface area contributed by atoms with E-state index in [1.807, 2.05) is 67.3 Å². The van der Waals surface area contributed by atoms with Crippen molar-refractivity contribution in [3.05, 3.63) is 65.2 Å². The summed E-state index contributed by atoms with van der Waals surface area (Å²) in [5.74, 6) is -1.37. The summed E-state index contributed by atoms with van der Waals surface area (Å²) < 4.78 is 50.5. The number of alkyl halides is 3. The number of carbonyl (C=O) groups excluding carboxylic acids is 2. The van der Waals surface area contributed by atoms with Crippen molar-refractivity contribution >= 4 is 11.9 Å². The SMILES string of the molecule is CCOc1ccccc1CN1CCC2(CCN(C(=O)CCc3ccc(C)cc3)CC2)C(OC(=O)C(F)(F)F)C1. The number of nitrogens with zero attached hydrogens (tertiary/aromatic N) is 2. The minimum absolute atomic E-state index is 0.0410. The van der Waals surface area contributed by atoms with E-state index in [9.17, 15) is 22.8 Å². The monoisotopic (exact) mass is 546 g/mol. The molecule has 2 aliphatic rings. The Hall–Kier alpha value is -3.07. The molecule has 0 aliphatic carbocycles. The fraction of sp³-hybridized carbons (Fsp3) is 0.533. The minimum atomic E-state index is -5.06. The van der Waals surface area contributed by atoms with E-state index < -0.39 is 23.7 Å². The Bertz CT molecular complexity index is 1130. The molecule has 1 spiro atoms. The van der Waals surface area contributed by atoms with E-state index in [-0.39, 0.29) is 12.5 Å². The summed E-state index contributed by atoms with van der Waals surface area (Å²) in [5, 5.41) is 0. The van der Waals surface area contributed by atoms with Gasteiger partial charge < -0.3 is 14.4 Å². The Morgan fingerprint density at radius 1 is 1.00 bits per heavy atom. The molecule has 0 aromatic heterocycles. The van der Waals surface area contributed by atoms with Gasteiger partial charge >= 0.3 is 12.1 Å². The molecule has 0 bridgehead atoms. The number of piperidine rings is 2. The van der Waals surface area contributed by atoms with E-state index in [4.69, 9.17) is 9.47 Å². The van der Waals surface area contributed by atoms with Crippen LogP contribution in [0.2, 0.25) is 0 Å². The highest BCUT2D eigenvalue weighted by Gasteiger charge is 2.51. The van der Waals surface area contributed by atoms with Gasteiger partial charge in [0.1, 0.15) is 11.9 Å². The van der Waals surface area contributed by atoms with Crippen LogP contribution in [0.1, 0.15) is 49.3 Å². The summed E-state index contributed by atoms with van der Waals surface area (Å²) >= 11 is 0. The molecule has 1 atom stereocenters. The fourth-order valence-electron chi connectivity index (χ4n) is 5.67. The molecular formula is C30H37F3N2O4. The number of halogens is 3. The van der Waals surface area contributed by atoms with Gasteiger partial charge in [-0.15, -0.1) is 0 Å². The van der Waals surface area contributed by atoms with E-state index >= 15 is 0 Å². The number of aryl methyl sites for hydroxylation is 2. The number of ether oxygens (including phenoxy) is 2. The van der Waals surface area contributed by atoms with Crippen LogP contribution in [0.3, 0.4) is 0 Å². The Balaban J connectivity index is 1.41. The second-order valence-electron chi connectivity index (χ2n) is 10.6. The Labute approximate surface area is 228 Å². The number of carbonyl (C=O) groups is 2. The molecule has 212 valence electrons. The standard InChI is InChI=1S/C30H37F3N2O4/c1-3-38-25-7-5-4-6-24(25)20-34-17-14-29(26(21-34)39-28(37)30(31,32)33)15-18-35(19-16-29)27(36)13-12-23-10-8-22(2)9-11-23/h4-11,26H,3,12-21H2,1-2H3. The highest BCUT2D eigenvalue weighted by atomic mass is 19.4. The summed E-state index contributed by atoms with van der Waals surface area (Å²) in [5.41, 5.74) is 2.60. The van der Waals surface area contributed by atoms with Gasteiger partial charge in [-0.05, 0) is 57.7 Å². The number of benzene rings is 2. The maximum absolute atomic E-state index is 13.2. The lowest BCUT2D eigenvalue weighted by Gasteiger charge is -2.51. The highest BCUT2D eigenvalue weighted by Crippen LogP contribution is 2.44. The predicted octanol–water partition coefficient (Wildman–Crippen LogP) is 5.32. The summed E-state index contributed by atoms with van der Waals surface area (Å²) in [7, 11) is 0. The number of likely N-dealkylation sites (tertiary alicyclic amines) is 2. The Kier molecular flexibility index (Phi) is 9.20. The fourth-order valence-corrected chi connectivity index (χ4v) is 5.67. The molecule has 0 saturated carbocycles. The molecule has 39 heavy (non-hydrogen) atoms. The molecule has 2 aromatic carbocycles. The largest absolute Gasteiger partial charge is 0.494 e. The van der Waals surface area contributed by atoms with Crippen molar-refractivity contribution < 1.29 is 32.2 Å². The molecule has 0 N–H and O–H groups in total. The van der Waals surface area contributed by atoms with Crippen molar-refractivity contribution in [2.45, 2.75) is 64.8 Å².